The van der Waals surface area contributed by atoms with E-state index in [1.807, 2.05) is 0 Å². The van der Waals surface area contributed by atoms with Crippen LogP contribution in [0.25, 0.3) is 0 Å². The quantitative estimate of drug-likeness (QED) is 0.470. The zero-order valence-electron chi connectivity index (χ0n) is 22.3. The van der Waals surface area contributed by atoms with Crippen molar-refractivity contribution < 1.29 is 0 Å². The molecule has 0 amide bonds. The molecule has 3 aliphatic rings. The molecule has 3 aliphatic heterocycles. The molecule has 0 radical (unpaired) electrons. The smallest absolute Gasteiger partial charge is 0.0110 e. The van der Waals surface area contributed by atoms with Crippen LogP contribution in [-0.4, -0.2) is 199 Å². The fourth-order valence-corrected chi connectivity index (χ4v) is 4.24. The Kier molecular flexibility index (Phi) is 13.6. The summed E-state index contributed by atoms with van der Waals surface area (Å²) in [5.41, 5.74) is 0. The minimum Gasteiger partial charge on any atom is -0.304 e. The van der Waals surface area contributed by atoms with E-state index in [0.717, 1.165) is 118 Å². The molecule has 0 aromatic heterocycles. The van der Waals surface area contributed by atoms with Gasteiger partial charge in [-0.05, 0) is 42.3 Å². The van der Waals surface area contributed by atoms with Crippen molar-refractivity contribution in [1.29, 1.82) is 0 Å². The summed E-state index contributed by atoms with van der Waals surface area (Å²) in [5, 5.41) is 0. The number of fused-ring (bicyclic) bond motifs is 21. The second-order valence-corrected chi connectivity index (χ2v) is 10.5. The predicted octanol–water partition coefficient (Wildman–Crippen LogP) is -0.792. The molecule has 8 nitrogen and oxygen atoms in total. The highest BCUT2D eigenvalue weighted by molar-refractivity contribution is 4.71. The Hall–Kier alpha value is -0.320. The van der Waals surface area contributed by atoms with E-state index in [1.165, 1.54) is 0 Å². The molecule has 0 N–H and O–H groups in total. The fraction of sp³-hybridized carbons (Fsp3) is 1.00. The molecule has 190 valence electrons. The summed E-state index contributed by atoms with van der Waals surface area (Å²) in [7, 11) is 13.7. The topological polar surface area (TPSA) is 25.9 Å². The van der Waals surface area contributed by atoms with Crippen LogP contribution in [0.4, 0.5) is 0 Å². The highest BCUT2D eigenvalue weighted by Gasteiger charge is 2.14. The van der Waals surface area contributed by atoms with Crippen LogP contribution in [0, 0.1) is 0 Å². The lowest BCUT2D eigenvalue weighted by Crippen LogP contribution is -2.46. The molecule has 32 heavy (non-hydrogen) atoms. The maximum atomic E-state index is 2.69. The van der Waals surface area contributed by atoms with Crippen molar-refractivity contribution in [3.8, 4) is 0 Å². The molecule has 3 rings (SSSR count). The summed E-state index contributed by atoms with van der Waals surface area (Å²) in [6.07, 6.45) is 0. The second-order valence-electron chi connectivity index (χ2n) is 10.5. The predicted molar refractivity (Wildman–Crippen MR) is 138 cm³/mol. The van der Waals surface area contributed by atoms with E-state index in [1.54, 1.807) is 0 Å². The van der Waals surface area contributed by atoms with Crippen molar-refractivity contribution in [3.63, 3.8) is 0 Å². The zero-order chi connectivity index (χ0) is 23.3. The van der Waals surface area contributed by atoms with E-state index in [4.69, 9.17) is 0 Å². The molecule has 3 saturated heterocycles. The minimum atomic E-state index is 1.15. The summed E-state index contributed by atoms with van der Waals surface area (Å²) in [5.74, 6) is 0. The summed E-state index contributed by atoms with van der Waals surface area (Å²) < 4.78 is 0. The van der Waals surface area contributed by atoms with Gasteiger partial charge in [0.1, 0.15) is 0 Å². The van der Waals surface area contributed by atoms with Crippen molar-refractivity contribution in [3.05, 3.63) is 0 Å². The van der Waals surface area contributed by atoms with Crippen molar-refractivity contribution in [2.45, 2.75) is 0 Å². The first-order valence-electron chi connectivity index (χ1n) is 12.9. The van der Waals surface area contributed by atoms with E-state index in [-0.39, 0.29) is 0 Å². The molecular formula is C24H54N8. The largest absolute Gasteiger partial charge is 0.304 e. The molecule has 8 heteroatoms. The molecule has 0 unspecified atom stereocenters. The van der Waals surface area contributed by atoms with Crippen LogP contribution in [0.3, 0.4) is 0 Å². The SMILES string of the molecule is CN1CCN(C)CCN2CCN(C)CCN(C)CCN(CC1)CCN(C)CCN(C)CC2. The van der Waals surface area contributed by atoms with E-state index >= 15 is 0 Å². The molecule has 0 aromatic carbocycles. The van der Waals surface area contributed by atoms with Crippen molar-refractivity contribution in [2.75, 3.05) is 160 Å². The Morgan fingerprint density at radius 3 is 0.500 bits per heavy atom. The molecule has 0 saturated carbocycles. The average molecular weight is 455 g/mol. The highest BCUT2D eigenvalue weighted by atomic mass is 15.3. The van der Waals surface area contributed by atoms with Crippen LogP contribution in [0.1, 0.15) is 0 Å². The number of hydrogen-bond acceptors (Lipinski definition) is 8. The highest BCUT2D eigenvalue weighted by Crippen LogP contribution is 2.00. The molecule has 3 fully saturated rings. The average Bonchev–Trinajstić information content (AvgIpc) is 2.77. The molecule has 3 heterocycles. The van der Waals surface area contributed by atoms with Gasteiger partial charge in [-0.15, -0.1) is 0 Å². The number of nitrogens with zero attached hydrogens (tertiary/aromatic N) is 8. The van der Waals surface area contributed by atoms with Gasteiger partial charge in [-0.1, -0.05) is 0 Å². The Labute approximate surface area is 199 Å². The Morgan fingerprint density at radius 2 is 0.344 bits per heavy atom. The first kappa shape index (κ1) is 27.9. The van der Waals surface area contributed by atoms with Crippen molar-refractivity contribution in [1.82, 2.24) is 39.2 Å². The van der Waals surface area contributed by atoms with Gasteiger partial charge in [0.2, 0.25) is 0 Å². The van der Waals surface area contributed by atoms with Crippen molar-refractivity contribution >= 4 is 0 Å². The van der Waals surface area contributed by atoms with Gasteiger partial charge >= 0.3 is 0 Å². The van der Waals surface area contributed by atoms with Gasteiger partial charge in [0.15, 0.2) is 0 Å². The number of rotatable bonds is 0. The first-order valence-corrected chi connectivity index (χ1v) is 12.9. The molecule has 0 spiro atoms. The maximum absolute atomic E-state index is 2.69. The summed E-state index contributed by atoms with van der Waals surface area (Å²) in [6.45, 7) is 20.8. The van der Waals surface area contributed by atoms with Gasteiger partial charge in [0.05, 0.1) is 0 Å². The van der Waals surface area contributed by atoms with E-state index < -0.39 is 0 Å². The fourth-order valence-electron chi connectivity index (χ4n) is 4.24. The van der Waals surface area contributed by atoms with Gasteiger partial charge in [-0.2, -0.15) is 0 Å². The summed E-state index contributed by atoms with van der Waals surface area (Å²) in [6, 6.07) is 0. The Balaban J connectivity index is 2.13. The van der Waals surface area contributed by atoms with Crippen LogP contribution < -0.4 is 0 Å². The lowest BCUT2D eigenvalue weighted by atomic mass is 10.3. The van der Waals surface area contributed by atoms with Gasteiger partial charge in [0, 0.05) is 118 Å². The van der Waals surface area contributed by atoms with Crippen molar-refractivity contribution in [2.24, 2.45) is 0 Å². The third kappa shape index (κ3) is 12.2. The summed E-state index contributed by atoms with van der Waals surface area (Å²) in [4.78, 5) is 20.5. The van der Waals surface area contributed by atoms with E-state index in [0.29, 0.717) is 0 Å². The van der Waals surface area contributed by atoms with Crippen LogP contribution >= 0.6 is 0 Å². The molecular weight excluding hydrogens is 400 g/mol. The first-order chi connectivity index (χ1) is 15.3. The summed E-state index contributed by atoms with van der Waals surface area (Å²) >= 11 is 0. The molecule has 0 aromatic rings. The third-order valence-corrected chi connectivity index (χ3v) is 7.38. The third-order valence-electron chi connectivity index (χ3n) is 7.38. The normalized spacial score (nSPS) is 30.9. The van der Waals surface area contributed by atoms with Crippen LogP contribution in [0.15, 0.2) is 0 Å². The monoisotopic (exact) mass is 454 g/mol. The molecule has 2 bridgehead atoms. The molecule has 0 aliphatic carbocycles. The van der Waals surface area contributed by atoms with Crippen LogP contribution in [0.5, 0.6) is 0 Å². The number of likely N-dealkylation sites (N-methyl/N-ethyl adjacent to an activating group) is 6. The van der Waals surface area contributed by atoms with Crippen LogP contribution in [-0.2, 0) is 0 Å². The Bertz CT molecular complexity index is 370. The zero-order valence-corrected chi connectivity index (χ0v) is 22.3. The standard InChI is InChI=1S/C24H54N8/c1-25-7-8-26(2)14-22-32-23-17-29(5)11-9-27(3)15-20-31(19-13-25)21-16-28(4)10-12-30(6)18-24-32/h7-24H2,1-6H3. The number of hydrogen-bond donors (Lipinski definition) is 0. The lowest BCUT2D eigenvalue weighted by Gasteiger charge is -2.33. The van der Waals surface area contributed by atoms with Gasteiger partial charge in [-0.25, -0.2) is 0 Å². The minimum absolute atomic E-state index is 1.15. The van der Waals surface area contributed by atoms with Gasteiger partial charge < -0.3 is 29.4 Å². The van der Waals surface area contributed by atoms with Crippen LogP contribution in [0.2, 0.25) is 0 Å². The van der Waals surface area contributed by atoms with Gasteiger partial charge in [0.25, 0.3) is 0 Å². The maximum Gasteiger partial charge on any atom is 0.0110 e. The Morgan fingerprint density at radius 1 is 0.219 bits per heavy atom. The van der Waals surface area contributed by atoms with E-state index in [9.17, 15) is 0 Å². The lowest BCUT2D eigenvalue weighted by molar-refractivity contribution is 0.141. The van der Waals surface area contributed by atoms with Gasteiger partial charge in [-0.3, -0.25) is 9.80 Å². The second kappa shape index (κ2) is 15.6. The molecule has 0 atom stereocenters. The van der Waals surface area contributed by atoms with E-state index in [2.05, 4.69) is 81.5 Å².